The van der Waals surface area contributed by atoms with Crippen molar-refractivity contribution in [3.05, 3.63) is 40.4 Å². The van der Waals surface area contributed by atoms with Gasteiger partial charge in [0, 0.05) is 6.42 Å². The minimum absolute atomic E-state index is 0.509. The van der Waals surface area contributed by atoms with Crippen LogP contribution in [-0.4, -0.2) is 10.2 Å². The average molecular weight is 230 g/mol. The van der Waals surface area contributed by atoms with Gasteiger partial charge in [-0.05, 0) is 24.1 Å². The summed E-state index contributed by atoms with van der Waals surface area (Å²) in [5, 5.41) is 17.8. The number of hydrogen-bond acceptors (Lipinski definition) is 5. The van der Waals surface area contributed by atoms with E-state index in [-0.39, 0.29) is 0 Å². The standard InChI is InChI=1S/C11H10N4S/c12-7-9-3-1-8(2-4-9)5-6-10-14-15-11(13)16-10/h1-4H,5-6H2,(H2,13,15). The van der Waals surface area contributed by atoms with E-state index in [2.05, 4.69) is 16.3 Å². The van der Waals surface area contributed by atoms with Crippen molar-refractivity contribution >= 4 is 16.5 Å². The molecule has 0 spiro atoms. The van der Waals surface area contributed by atoms with E-state index in [1.807, 2.05) is 24.3 Å². The monoisotopic (exact) mass is 230 g/mol. The number of aryl methyl sites for hydroxylation is 2. The normalized spacial score (nSPS) is 9.94. The number of nitrogens with two attached hydrogens (primary N) is 1. The largest absolute Gasteiger partial charge is 0.374 e. The van der Waals surface area contributed by atoms with Gasteiger partial charge in [0.25, 0.3) is 0 Å². The maximum atomic E-state index is 8.66. The lowest BCUT2D eigenvalue weighted by molar-refractivity contribution is 0.906. The molecule has 16 heavy (non-hydrogen) atoms. The molecule has 1 heterocycles. The van der Waals surface area contributed by atoms with Crippen molar-refractivity contribution in [2.45, 2.75) is 12.8 Å². The minimum atomic E-state index is 0.509. The predicted octanol–water partition coefficient (Wildman–Crippen LogP) is 1.78. The third-order valence-electron chi connectivity index (χ3n) is 2.19. The summed E-state index contributed by atoms with van der Waals surface area (Å²) >= 11 is 1.42. The Labute approximate surface area is 97.4 Å². The highest BCUT2D eigenvalue weighted by atomic mass is 32.1. The first-order valence-electron chi connectivity index (χ1n) is 4.85. The van der Waals surface area contributed by atoms with Crippen LogP contribution in [0.25, 0.3) is 0 Å². The van der Waals surface area contributed by atoms with Gasteiger partial charge in [0.15, 0.2) is 0 Å². The fraction of sp³-hybridized carbons (Fsp3) is 0.182. The Morgan fingerprint density at radius 3 is 2.50 bits per heavy atom. The van der Waals surface area contributed by atoms with E-state index in [1.165, 1.54) is 16.9 Å². The van der Waals surface area contributed by atoms with Gasteiger partial charge in [0.2, 0.25) is 5.13 Å². The molecule has 2 rings (SSSR count). The summed E-state index contributed by atoms with van der Waals surface area (Å²) in [6.07, 6.45) is 1.72. The number of rotatable bonds is 3. The number of anilines is 1. The summed E-state index contributed by atoms with van der Waals surface area (Å²) in [7, 11) is 0. The van der Waals surface area contributed by atoms with Crippen molar-refractivity contribution in [1.82, 2.24) is 10.2 Å². The first kappa shape index (κ1) is 10.6. The summed E-state index contributed by atoms with van der Waals surface area (Å²) < 4.78 is 0. The second kappa shape index (κ2) is 4.73. The van der Waals surface area contributed by atoms with Crippen LogP contribution in [0.5, 0.6) is 0 Å². The Balaban J connectivity index is 1.97. The molecule has 1 aromatic carbocycles. The Hall–Kier alpha value is -1.93. The molecule has 0 fully saturated rings. The van der Waals surface area contributed by atoms with Gasteiger partial charge in [0.1, 0.15) is 5.01 Å². The molecule has 0 aliphatic rings. The highest BCUT2D eigenvalue weighted by Gasteiger charge is 2.01. The molecule has 80 valence electrons. The average Bonchev–Trinajstić information content (AvgIpc) is 2.73. The number of hydrogen-bond donors (Lipinski definition) is 1. The maximum absolute atomic E-state index is 8.66. The van der Waals surface area contributed by atoms with E-state index in [9.17, 15) is 0 Å². The van der Waals surface area contributed by atoms with Crippen molar-refractivity contribution in [1.29, 1.82) is 5.26 Å². The second-order valence-corrected chi connectivity index (χ2v) is 4.44. The van der Waals surface area contributed by atoms with Crippen molar-refractivity contribution in [2.24, 2.45) is 0 Å². The summed E-state index contributed by atoms with van der Waals surface area (Å²) in [5.41, 5.74) is 7.37. The van der Waals surface area contributed by atoms with Gasteiger partial charge < -0.3 is 5.73 Å². The number of nitrogens with zero attached hydrogens (tertiary/aromatic N) is 3. The zero-order valence-electron chi connectivity index (χ0n) is 8.55. The van der Waals surface area contributed by atoms with Gasteiger partial charge >= 0.3 is 0 Å². The van der Waals surface area contributed by atoms with Gasteiger partial charge in [-0.2, -0.15) is 5.26 Å². The Morgan fingerprint density at radius 1 is 1.19 bits per heavy atom. The Morgan fingerprint density at radius 2 is 1.94 bits per heavy atom. The van der Waals surface area contributed by atoms with E-state index in [4.69, 9.17) is 11.0 Å². The zero-order valence-corrected chi connectivity index (χ0v) is 9.37. The topological polar surface area (TPSA) is 75.6 Å². The predicted molar refractivity (Wildman–Crippen MR) is 62.9 cm³/mol. The van der Waals surface area contributed by atoms with Crippen LogP contribution in [-0.2, 0) is 12.8 Å². The number of benzene rings is 1. The van der Waals surface area contributed by atoms with E-state index < -0.39 is 0 Å². The molecule has 0 bridgehead atoms. The molecule has 2 N–H and O–H groups in total. The molecule has 0 unspecified atom stereocenters. The fourth-order valence-electron chi connectivity index (χ4n) is 1.36. The third kappa shape index (κ3) is 2.55. The molecule has 1 aromatic heterocycles. The molecule has 0 aliphatic heterocycles. The van der Waals surface area contributed by atoms with Gasteiger partial charge in [-0.25, -0.2) is 0 Å². The van der Waals surface area contributed by atoms with Crippen LogP contribution < -0.4 is 5.73 Å². The lowest BCUT2D eigenvalue weighted by Gasteiger charge is -1.98. The Kier molecular flexibility index (Phi) is 3.13. The second-order valence-electron chi connectivity index (χ2n) is 3.34. The van der Waals surface area contributed by atoms with Crippen LogP contribution in [0.3, 0.4) is 0 Å². The first-order valence-corrected chi connectivity index (χ1v) is 5.66. The van der Waals surface area contributed by atoms with E-state index in [0.717, 1.165) is 17.8 Å². The van der Waals surface area contributed by atoms with Crippen LogP contribution in [0, 0.1) is 11.3 Å². The van der Waals surface area contributed by atoms with Crippen LogP contribution in [0.1, 0.15) is 16.1 Å². The van der Waals surface area contributed by atoms with Crippen LogP contribution in [0.2, 0.25) is 0 Å². The molecule has 0 saturated heterocycles. The van der Waals surface area contributed by atoms with Crippen molar-refractivity contribution in [2.75, 3.05) is 5.73 Å². The molecule has 0 aliphatic carbocycles. The molecule has 0 saturated carbocycles. The summed E-state index contributed by atoms with van der Waals surface area (Å²) in [6, 6.07) is 9.66. The van der Waals surface area contributed by atoms with Crippen molar-refractivity contribution in [3.63, 3.8) is 0 Å². The minimum Gasteiger partial charge on any atom is -0.374 e. The molecule has 0 amide bonds. The number of nitriles is 1. The van der Waals surface area contributed by atoms with E-state index in [1.54, 1.807) is 0 Å². The quantitative estimate of drug-likeness (QED) is 0.872. The molecule has 0 atom stereocenters. The van der Waals surface area contributed by atoms with E-state index >= 15 is 0 Å². The van der Waals surface area contributed by atoms with Gasteiger partial charge in [-0.15, -0.1) is 10.2 Å². The van der Waals surface area contributed by atoms with E-state index in [0.29, 0.717) is 10.7 Å². The SMILES string of the molecule is N#Cc1ccc(CCc2nnc(N)s2)cc1. The van der Waals surface area contributed by atoms with Gasteiger partial charge in [-0.1, -0.05) is 23.5 Å². The van der Waals surface area contributed by atoms with Gasteiger partial charge in [-0.3, -0.25) is 0 Å². The number of aromatic nitrogens is 2. The third-order valence-corrected chi connectivity index (χ3v) is 3.01. The smallest absolute Gasteiger partial charge is 0.203 e. The van der Waals surface area contributed by atoms with Crippen molar-refractivity contribution < 1.29 is 0 Å². The maximum Gasteiger partial charge on any atom is 0.203 e. The molecular formula is C11H10N4S. The summed E-state index contributed by atoms with van der Waals surface area (Å²) in [6.45, 7) is 0. The summed E-state index contributed by atoms with van der Waals surface area (Å²) in [4.78, 5) is 0. The highest BCUT2D eigenvalue weighted by molar-refractivity contribution is 7.15. The lowest BCUT2D eigenvalue weighted by Crippen LogP contribution is -1.90. The molecule has 0 radical (unpaired) electrons. The van der Waals surface area contributed by atoms with Crippen LogP contribution in [0.4, 0.5) is 5.13 Å². The van der Waals surface area contributed by atoms with Crippen molar-refractivity contribution in [3.8, 4) is 6.07 Å². The van der Waals surface area contributed by atoms with Gasteiger partial charge in [0.05, 0.1) is 11.6 Å². The number of nitrogen functional groups attached to an aromatic ring is 1. The molecule has 5 heteroatoms. The summed E-state index contributed by atoms with van der Waals surface area (Å²) in [5.74, 6) is 0. The van der Waals surface area contributed by atoms with Crippen LogP contribution in [0.15, 0.2) is 24.3 Å². The molecule has 2 aromatic rings. The molecule has 4 nitrogen and oxygen atoms in total. The Bertz CT molecular complexity index is 510. The first-order chi connectivity index (χ1) is 7.78. The molecular weight excluding hydrogens is 220 g/mol. The zero-order chi connectivity index (χ0) is 11.4. The highest BCUT2D eigenvalue weighted by Crippen LogP contribution is 2.14. The fourth-order valence-corrected chi connectivity index (χ4v) is 1.97. The van der Waals surface area contributed by atoms with Crippen LogP contribution >= 0.6 is 11.3 Å². The lowest BCUT2D eigenvalue weighted by atomic mass is 10.1.